The molecule has 3 aromatic rings. The van der Waals surface area contributed by atoms with Gasteiger partial charge in [0.1, 0.15) is 0 Å². The molecule has 0 spiro atoms. The van der Waals surface area contributed by atoms with Crippen LogP contribution in [0.5, 0.6) is 11.5 Å². The summed E-state index contributed by atoms with van der Waals surface area (Å²) < 4.78 is 5.39. The summed E-state index contributed by atoms with van der Waals surface area (Å²) in [6, 6.07) is 13.6. The minimum atomic E-state index is 0.268. The maximum atomic E-state index is 10.5. The van der Waals surface area contributed by atoms with Crippen LogP contribution in [0.15, 0.2) is 36.4 Å². The number of nitrogens with one attached hydrogen (secondary N) is 2. The highest BCUT2D eigenvalue weighted by molar-refractivity contribution is 5.85. The Hall–Kier alpha value is -2.50. The van der Waals surface area contributed by atoms with Crippen molar-refractivity contribution in [1.82, 2.24) is 15.2 Å². The lowest BCUT2D eigenvalue weighted by Gasteiger charge is -2.48. The molecular formula is C28H35N3O2. The first-order valence-electron chi connectivity index (χ1n) is 12.6. The highest BCUT2D eigenvalue weighted by Crippen LogP contribution is 2.47. The summed E-state index contributed by atoms with van der Waals surface area (Å²) in [5.41, 5.74) is 6.84. The van der Waals surface area contributed by atoms with E-state index in [1.54, 1.807) is 7.11 Å². The Morgan fingerprint density at radius 3 is 2.88 bits per heavy atom. The largest absolute Gasteiger partial charge is 0.504 e. The third-order valence-electron chi connectivity index (χ3n) is 8.59. The van der Waals surface area contributed by atoms with Crippen molar-refractivity contribution in [2.75, 3.05) is 26.7 Å². The van der Waals surface area contributed by atoms with Crippen molar-refractivity contribution in [3.8, 4) is 11.5 Å². The van der Waals surface area contributed by atoms with Gasteiger partial charge in [0.05, 0.1) is 7.11 Å². The number of fused-ring (bicyclic) bond motifs is 6. The summed E-state index contributed by atoms with van der Waals surface area (Å²) in [7, 11) is 1.63. The quantitative estimate of drug-likeness (QED) is 0.523. The van der Waals surface area contributed by atoms with E-state index in [0.29, 0.717) is 29.7 Å². The lowest BCUT2D eigenvalue weighted by atomic mass is 9.73. The smallest absolute Gasteiger partial charge is 0.160 e. The van der Waals surface area contributed by atoms with E-state index in [2.05, 4.69) is 52.5 Å². The number of methoxy groups -OCH3 is 1. The third-order valence-corrected chi connectivity index (χ3v) is 8.59. The molecule has 1 aromatic heterocycles. The van der Waals surface area contributed by atoms with Crippen LogP contribution in [-0.2, 0) is 12.8 Å². The van der Waals surface area contributed by atoms with Gasteiger partial charge >= 0.3 is 0 Å². The van der Waals surface area contributed by atoms with E-state index in [9.17, 15) is 5.11 Å². The molecule has 174 valence electrons. The topological polar surface area (TPSA) is 60.5 Å². The maximum Gasteiger partial charge on any atom is 0.160 e. The number of benzene rings is 2. The van der Waals surface area contributed by atoms with E-state index in [4.69, 9.17) is 4.74 Å². The van der Waals surface area contributed by atoms with Gasteiger partial charge in [-0.25, -0.2) is 0 Å². The molecule has 0 radical (unpaired) electrons. The van der Waals surface area contributed by atoms with Gasteiger partial charge in [-0.15, -0.1) is 0 Å². The predicted molar refractivity (Wildman–Crippen MR) is 132 cm³/mol. The second-order valence-corrected chi connectivity index (χ2v) is 10.2. The molecule has 4 atom stereocenters. The van der Waals surface area contributed by atoms with E-state index < -0.39 is 0 Å². The highest BCUT2D eigenvalue weighted by Gasteiger charge is 2.40. The first-order valence-corrected chi connectivity index (χ1v) is 12.6. The molecule has 0 bridgehead atoms. The molecule has 2 aromatic carbocycles. The number of phenolic OH excluding ortho intramolecular Hbond substituents is 1. The van der Waals surface area contributed by atoms with E-state index in [1.165, 1.54) is 46.1 Å². The van der Waals surface area contributed by atoms with Crippen LogP contribution < -0.4 is 10.1 Å². The molecule has 1 fully saturated rings. The van der Waals surface area contributed by atoms with Gasteiger partial charge in [-0.3, -0.25) is 4.90 Å². The molecule has 6 rings (SSSR count). The van der Waals surface area contributed by atoms with Gasteiger partial charge in [0.2, 0.25) is 0 Å². The Morgan fingerprint density at radius 1 is 1.15 bits per heavy atom. The van der Waals surface area contributed by atoms with Gasteiger partial charge in [0.25, 0.3) is 0 Å². The van der Waals surface area contributed by atoms with Gasteiger partial charge in [-0.2, -0.15) is 0 Å². The van der Waals surface area contributed by atoms with Crippen LogP contribution in [0.25, 0.3) is 10.9 Å². The van der Waals surface area contributed by atoms with Crippen molar-refractivity contribution >= 4 is 10.9 Å². The Labute approximate surface area is 196 Å². The number of aromatic amines is 1. The fraction of sp³-hybridized carbons (Fsp3) is 0.500. The second-order valence-electron chi connectivity index (χ2n) is 10.2. The van der Waals surface area contributed by atoms with E-state index in [1.807, 2.05) is 6.07 Å². The van der Waals surface area contributed by atoms with Gasteiger partial charge in [0.15, 0.2) is 11.5 Å². The number of aromatic nitrogens is 1. The number of hydrogen-bond donors (Lipinski definition) is 3. The Balaban J connectivity index is 1.30. The number of rotatable bonds is 4. The summed E-state index contributed by atoms with van der Waals surface area (Å²) >= 11 is 0. The maximum absolute atomic E-state index is 10.5. The van der Waals surface area contributed by atoms with Crippen molar-refractivity contribution in [2.45, 2.75) is 51.1 Å². The molecule has 5 heteroatoms. The normalized spacial score (nSPS) is 27.1. The summed E-state index contributed by atoms with van der Waals surface area (Å²) in [5, 5.41) is 15.7. The van der Waals surface area contributed by atoms with Gasteiger partial charge in [0, 0.05) is 41.8 Å². The lowest BCUT2D eigenvalue weighted by Crippen LogP contribution is -2.46. The predicted octanol–water partition coefficient (Wildman–Crippen LogP) is 5.10. The molecule has 3 aliphatic rings. The molecule has 4 heterocycles. The zero-order chi connectivity index (χ0) is 22.5. The fourth-order valence-electron chi connectivity index (χ4n) is 6.87. The molecule has 5 nitrogen and oxygen atoms in total. The first-order chi connectivity index (χ1) is 16.2. The monoisotopic (exact) mass is 445 g/mol. The van der Waals surface area contributed by atoms with Crippen molar-refractivity contribution < 1.29 is 9.84 Å². The molecule has 3 N–H and O–H groups in total. The zero-order valence-corrected chi connectivity index (χ0v) is 19.7. The standard InChI is InChI=1S/C28H35N3O2/c1-3-17-16-31-11-9-18-14-27(33-2)26(32)15-22(18)25(31)13-19(17)12-24-28-21(8-10-29-24)20-6-4-5-7-23(20)30-28/h4-7,14-15,17,19,24-25,29-30,32H,3,8-13,16H2,1-2H3. The lowest BCUT2D eigenvalue weighted by molar-refractivity contribution is 0.0433. The summed E-state index contributed by atoms with van der Waals surface area (Å²) in [5.74, 6) is 2.23. The number of para-hydroxylation sites is 1. The Morgan fingerprint density at radius 2 is 2.03 bits per heavy atom. The van der Waals surface area contributed by atoms with Crippen LogP contribution in [0.4, 0.5) is 0 Å². The number of H-pyrrole nitrogens is 1. The van der Waals surface area contributed by atoms with Crippen LogP contribution in [0.1, 0.15) is 60.7 Å². The molecule has 3 aliphatic heterocycles. The van der Waals surface area contributed by atoms with Crippen molar-refractivity contribution in [3.05, 3.63) is 58.8 Å². The van der Waals surface area contributed by atoms with Gasteiger partial charge in [-0.1, -0.05) is 31.5 Å². The molecular weight excluding hydrogens is 410 g/mol. The summed E-state index contributed by atoms with van der Waals surface area (Å²) in [4.78, 5) is 6.43. The van der Waals surface area contributed by atoms with Crippen LogP contribution in [-0.4, -0.2) is 41.7 Å². The van der Waals surface area contributed by atoms with Crippen molar-refractivity contribution in [3.63, 3.8) is 0 Å². The van der Waals surface area contributed by atoms with Crippen LogP contribution >= 0.6 is 0 Å². The van der Waals surface area contributed by atoms with Crippen LogP contribution in [0.2, 0.25) is 0 Å². The molecule has 0 aliphatic carbocycles. The summed E-state index contributed by atoms with van der Waals surface area (Å²) in [6.45, 7) is 5.66. The third kappa shape index (κ3) is 3.53. The minimum absolute atomic E-state index is 0.268. The Bertz CT molecular complexity index is 1170. The van der Waals surface area contributed by atoms with Crippen LogP contribution in [0.3, 0.4) is 0 Å². The Kier molecular flexibility index (Phi) is 5.34. The fourth-order valence-corrected chi connectivity index (χ4v) is 6.87. The van der Waals surface area contributed by atoms with Crippen LogP contribution in [0, 0.1) is 11.8 Å². The minimum Gasteiger partial charge on any atom is -0.504 e. The molecule has 0 amide bonds. The van der Waals surface area contributed by atoms with E-state index in [0.717, 1.165) is 38.9 Å². The number of aromatic hydroxyl groups is 1. The number of hydrogen-bond acceptors (Lipinski definition) is 4. The SMILES string of the molecule is CCC1CN2CCc3cc(OC)c(O)cc3C2CC1CC1NCCc2c1[nH]c1ccccc21. The highest BCUT2D eigenvalue weighted by atomic mass is 16.5. The van der Waals surface area contributed by atoms with E-state index in [-0.39, 0.29) is 5.75 Å². The molecule has 4 unspecified atom stereocenters. The van der Waals surface area contributed by atoms with E-state index >= 15 is 0 Å². The molecule has 0 saturated carbocycles. The first kappa shape index (κ1) is 21.1. The second kappa shape index (κ2) is 8.37. The number of ether oxygens (including phenoxy) is 1. The molecule has 33 heavy (non-hydrogen) atoms. The van der Waals surface area contributed by atoms with Crippen molar-refractivity contribution in [2.24, 2.45) is 11.8 Å². The number of piperidine rings is 1. The van der Waals surface area contributed by atoms with Gasteiger partial charge < -0.3 is 20.1 Å². The van der Waals surface area contributed by atoms with Gasteiger partial charge in [-0.05, 0) is 79.0 Å². The van der Waals surface area contributed by atoms with Crippen molar-refractivity contribution in [1.29, 1.82) is 0 Å². The average molecular weight is 446 g/mol. The zero-order valence-electron chi connectivity index (χ0n) is 19.7. The molecule has 1 saturated heterocycles. The number of nitrogens with zero attached hydrogens (tertiary/aromatic N) is 1. The summed E-state index contributed by atoms with van der Waals surface area (Å²) in [6.07, 6.45) is 5.68. The average Bonchev–Trinajstić information content (AvgIpc) is 3.23. The number of phenols is 1.